The molecule has 7 heteroatoms. The van der Waals surface area contributed by atoms with Crippen LogP contribution in [-0.2, 0) is 9.59 Å². The van der Waals surface area contributed by atoms with Crippen molar-refractivity contribution in [2.24, 2.45) is 5.41 Å². The average molecular weight is 323 g/mol. The Morgan fingerprint density at radius 2 is 2.00 bits per heavy atom. The van der Waals surface area contributed by atoms with Gasteiger partial charge >= 0.3 is 5.97 Å². The van der Waals surface area contributed by atoms with Gasteiger partial charge in [-0.05, 0) is 39.7 Å². The molecule has 0 radical (unpaired) electrons. The zero-order valence-electron chi connectivity index (χ0n) is 13.1. The molecule has 22 heavy (non-hydrogen) atoms. The molecule has 2 rings (SSSR count). The van der Waals surface area contributed by atoms with E-state index in [9.17, 15) is 14.7 Å². The van der Waals surface area contributed by atoms with E-state index in [2.05, 4.69) is 9.97 Å². The molecule has 0 spiro atoms. The minimum atomic E-state index is -0.838. The largest absolute Gasteiger partial charge is 0.481 e. The quantitative estimate of drug-likeness (QED) is 0.673. The molecule has 1 fully saturated rings. The Bertz CT molecular complexity index is 573. The normalized spacial score (nSPS) is 21.7. The Balaban J connectivity index is 1.96. The molecule has 1 N–H and O–H groups in total. The molecule has 120 valence electrons. The van der Waals surface area contributed by atoms with Crippen LogP contribution in [0.15, 0.2) is 11.2 Å². The van der Waals surface area contributed by atoms with Crippen molar-refractivity contribution in [1.82, 2.24) is 14.9 Å². The number of nitrogens with zero attached hydrogens (tertiary/aromatic N) is 3. The van der Waals surface area contributed by atoms with E-state index in [-0.39, 0.29) is 18.2 Å². The topological polar surface area (TPSA) is 83.4 Å². The number of hydrogen-bond donors (Lipinski definition) is 1. The molecule has 0 aliphatic carbocycles. The SMILES string of the molecule is Cc1cc(C)nc(SCC(=O)N2CCCC(C)(C(=O)O)C2)n1. The van der Waals surface area contributed by atoms with Crippen molar-refractivity contribution in [3.63, 3.8) is 0 Å². The lowest BCUT2D eigenvalue weighted by Gasteiger charge is -2.37. The maximum atomic E-state index is 12.3. The smallest absolute Gasteiger partial charge is 0.311 e. The van der Waals surface area contributed by atoms with Crippen molar-refractivity contribution in [3.8, 4) is 0 Å². The highest BCUT2D eigenvalue weighted by atomic mass is 32.2. The van der Waals surface area contributed by atoms with Crippen LogP contribution in [0, 0.1) is 19.3 Å². The minimum Gasteiger partial charge on any atom is -0.481 e. The first kappa shape index (κ1) is 16.7. The van der Waals surface area contributed by atoms with Crippen molar-refractivity contribution in [3.05, 3.63) is 17.5 Å². The lowest BCUT2D eigenvalue weighted by Crippen LogP contribution is -2.48. The maximum Gasteiger partial charge on any atom is 0.311 e. The molecule has 1 aliphatic heterocycles. The van der Waals surface area contributed by atoms with Crippen LogP contribution >= 0.6 is 11.8 Å². The van der Waals surface area contributed by atoms with Gasteiger partial charge in [-0.15, -0.1) is 0 Å². The fraction of sp³-hybridized carbons (Fsp3) is 0.600. The fourth-order valence-electron chi connectivity index (χ4n) is 2.60. The number of piperidine rings is 1. The molecule has 0 aromatic carbocycles. The number of hydrogen-bond acceptors (Lipinski definition) is 5. The summed E-state index contributed by atoms with van der Waals surface area (Å²) in [5, 5.41) is 9.89. The zero-order chi connectivity index (χ0) is 16.3. The molecule has 6 nitrogen and oxygen atoms in total. The highest BCUT2D eigenvalue weighted by molar-refractivity contribution is 7.99. The van der Waals surface area contributed by atoms with E-state index < -0.39 is 11.4 Å². The predicted molar refractivity (Wildman–Crippen MR) is 83.8 cm³/mol. The Kier molecular flexibility index (Phi) is 5.05. The van der Waals surface area contributed by atoms with E-state index in [0.29, 0.717) is 18.1 Å². The minimum absolute atomic E-state index is 0.0556. The maximum absolute atomic E-state index is 12.3. The first-order chi connectivity index (χ1) is 10.3. The van der Waals surface area contributed by atoms with Crippen molar-refractivity contribution in [2.75, 3.05) is 18.8 Å². The van der Waals surface area contributed by atoms with Gasteiger partial charge in [-0.1, -0.05) is 11.8 Å². The van der Waals surface area contributed by atoms with E-state index in [0.717, 1.165) is 17.8 Å². The van der Waals surface area contributed by atoms with E-state index in [4.69, 9.17) is 0 Å². The number of rotatable bonds is 4. The van der Waals surface area contributed by atoms with Crippen LogP contribution in [0.4, 0.5) is 0 Å². The number of carbonyl (C=O) groups excluding carboxylic acids is 1. The second-order valence-corrected chi connectivity index (χ2v) is 6.95. The molecular weight excluding hydrogens is 302 g/mol. The number of carboxylic acid groups (broad SMARTS) is 1. The Morgan fingerprint density at radius 1 is 1.36 bits per heavy atom. The molecule has 1 saturated heterocycles. The summed E-state index contributed by atoms with van der Waals surface area (Å²) in [4.78, 5) is 33.9. The average Bonchev–Trinajstić information content (AvgIpc) is 2.43. The van der Waals surface area contributed by atoms with Crippen LogP contribution in [0.5, 0.6) is 0 Å². The Labute approximate surface area is 134 Å². The standard InChI is InChI=1S/C15H21N3O3S/c1-10-7-11(2)17-14(16-10)22-8-12(19)18-6-4-5-15(3,9-18)13(20)21/h7H,4-6,8-9H2,1-3H3,(H,20,21). The Hall–Kier alpha value is -1.63. The molecule has 0 bridgehead atoms. The van der Waals surface area contributed by atoms with Gasteiger partial charge in [-0.3, -0.25) is 9.59 Å². The Morgan fingerprint density at radius 3 is 2.59 bits per heavy atom. The van der Waals surface area contributed by atoms with Gasteiger partial charge in [-0.25, -0.2) is 9.97 Å². The van der Waals surface area contributed by atoms with Crippen LogP contribution in [0.25, 0.3) is 0 Å². The van der Waals surface area contributed by atoms with Crippen LogP contribution in [0.3, 0.4) is 0 Å². The first-order valence-corrected chi connectivity index (χ1v) is 8.25. The van der Waals surface area contributed by atoms with Gasteiger partial charge in [0.15, 0.2) is 5.16 Å². The summed E-state index contributed by atoms with van der Waals surface area (Å²) < 4.78 is 0. The number of amides is 1. The summed E-state index contributed by atoms with van der Waals surface area (Å²) in [6.07, 6.45) is 1.33. The molecule has 1 aromatic heterocycles. The number of carboxylic acids is 1. The van der Waals surface area contributed by atoms with Gasteiger partial charge in [-0.2, -0.15) is 0 Å². The second kappa shape index (κ2) is 6.64. The van der Waals surface area contributed by atoms with Crippen molar-refractivity contribution < 1.29 is 14.7 Å². The van der Waals surface area contributed by atoms with Crippen molar-refractivity contribution >= 4 is 23.6 Å². The monoisotopic (exact) mass is 323 g/mol. The lowest BCUT2D eigenvalue weighted by molar-refractivity contribution is -0.153. The molecule has 1 amide bonds. The highest BCUT2D eigenvalue weighted by Gasteiger charge is 2.39. The molecule has 1 aromatic rings. The molecule has 1 unspecified atom stereocenters. The number of aliphatic carboxylic acids is 1. The van der Waals surface area contributed by atoms with Crippen LogP contribution in [-0.4, -0.2) is 50.7 Å². The van der Waals surface area contributed by atoms with Crippen molar-refractivity contribution in [1.29, 1.82) is 0 Å². The highest BCUT2D eigenvalue weighted by Crippen LogP contribution is 2.30. The van der Waals surface area contributed by atoms with E-state index in [1.54, 1.807) is 11.8 Å². The second-order valence-electron chi connectivity index (χ2n) is 6.01. The van der Waals surface area contributed by atoms with Crippen LogP contribution in [0.2, 0.25) is 0 Å². The van der Waals surface area contributed by atoms with E-state index >= 15 is 0 Å². The summed E-state index contributed by atoms with van der Waals surface area (Å²) in [5.41, 5.74) is 0.910. The third kappa shape index (κ3) is 3.97. The summed E-state index contributed by atoms with van der Waals surface area (Å²) in [6.45, 7) is 6.38. The van der Waals surface area contributed by atoms with Gasteiger partial charge in [0.05, 0.1) is 11.2 Å². The molecule has 0 saturated carbocycles. The van der Waals surface area contributed by atoms with Gasteiger partial charge in [0.1, 0.15) is 0 Å². The number of aryl methyl sites for hydroxylation is 2. The fourth-order valence-corrected chi connectivity index (χ4v) is 3.45. The number of carbonyl (C=O) groups is 2. The van der Waals surface area contributed by atoms with Crippen molar-refractivity contribution in [2.45, 2.75) is 38.8 Å². The summed E-state index contributed by atoms with van der Waals surface area (Å²) in [6, 6.07) is 1.88. The first-order valence-electron chi connectivity index (χ1n) is 7.26. The van der Waals surface area contributed by atoms with Gasteiger partial charge in [0, 0.05) is 24.5 Å². The molecular formula is C15H21N3O3S. The van der Waals surface area contributed by atoms with E-state index in [1.165, 1.54) is 11.8 Å². The summed E-state index contributed by atoms with van der Waals surface area (Å²) >= 11 is 1.30. The number of thioether (sulfide) groups is 1. The van der Waals surface area contributed by atoms with Gasteiger partial charge in [0.2, 0.25) is 5.91 Å². The molecule has 1 aliphatic rings. The predicted octanol–water partition coefficient (Wildman–Crippen LogP) is 1.90. The third-order valence-electron chi connectivity index (χ3n) is 3.85. The number of likely N-dealkylation sites (tertiary alicyclic amines) is 1. The molecule has 1 atom stereocenters. The molecule has 2 heterocycles. The third-order valence-corrected chi connectivity index (χ3v) is 4.68. The van der Waals surface area contributed by atoms with Gasteiger partial charge in [0.25, 0.3) is 0 Å². The van der Waals surface area contributed by atoms with E-state index in [1.807, 2.05) is 19.9 Å². The van der Waals surface area contributed by atoms with Crippen LogP contribution in [0.1, 0.15) is 31.2 Å². The lowest BCUT2D eigenvalue weighted by atomic mass is 9.82. The van der Waals surface area contributed by atoms with Gasteiger partial charge < -0.3 is 10.0 Å². The number of aromatic nitrogens is 2. The summed E-state index contributed by atoms with van der Waals surface area (Å²) in [7, 11) is 0. The summed E-state index contributed by atoms with van der Waals surface area (Å²) in [5.74, 6) is -0.659. The zero-order valence-corrected chi connectivity index (χ0v) is 13.9. The van der Waals surface area contributed by atoms with Crippen LogP contribution < -0.4 is 0 Å².